The predicted molar refractivity (Wildman–Crippen MR) is 127 cm³/mol. The average Bonchev–Trinajstić information content (AvgIpc) is 2.78. The summed E-state index contributed by atoms with van der Waals surface area (Å²) in [5.74, 6) is -0.163. The van der Waals surface area contributed by atoms with Gasteiger partial charge in [0.1, 0.15) is 6.54 Å². The van der Waals surface area contributed by atoms with Crippen molar-refractivity contribution in [1.29, 1.82) is 0 Å². The summed E-state index contributed by atoms with van der Waals surface area (Å²) >= 11 is 0. The second kappa shape index (κ2) is 10.6. The van der Waals surface area contributed by atoms with Crippen molar-refractivity contribution >= 4 is 27.7 Å². The third kappa shape index (κ3) is 6.67. The first-order valence-corrected chi connectivity index (χ1v) is 12.5. The summed E-state index contributed by atoms with van der Waals surface area (Å²) in [6.07, 6.45) is 6.26. The van der Waals surface area contributed by atoms with Gasteiger partial charge in [0.05, 0.1) is 11.9 Å². The first-order chi connectivity index (χ1) is 14.9. The van der Waals surface area contributed by atoms with Gasteiger partial charge in [0.2, 0.25) is 15.9 Å². The van der Waals surface area contributed by atoms with Gasteiger partial charge < -0.3 is 4.90 Å². The largest absolute Gasteiger partial charge is 0.339 e. The number of rotatable bonds is 8. The van der Waals surface area contributed by atoms with Crippen molar-refractivity contribution in [2.75, 3.05) is 49.8 Å². The molecular formula is C24H31N3O3S. The minimum absolute atomic E-state index is 0.163. The van der Waals surface area contributed by atoms with Gasteiger partial charge in [-0.05, 0) is 29.7 Å². The van der Waals surface area contributed by atoms with Gasteiger partial charge in [-0.25, -0.2) is 8.42 Å². The van der Waals surface area contributed by atoms with Crippen molar-refractivity contribution in [1.82, 2.24) is 9.80 Å². The van der Waals surface area contributed by atoms with Gasteiger partial charge in [0, 0.05) is 32.7 Å². The van der Waals surface area contributed by atoms with Crippen LogP contribution in [0.5, 0.6) is 0 Å². The SMILES string of the molecule is CCc1ccc(N(CC(=O)N2CCN(C/C=C/c3ccccc3)CC2)S(C)(=O)=O)cc1. The second-order valence-electron chi connectivity index (χ2n) is 7.78. The molecule has 2 aromatic carbocycles. The minimum Gasteiger partial charge on any atom is -0.339 e. The van der Waals surface area contributed by atoms with Crippen LogP contribution in [0, 0.1) is 0 Å². The van der Waals surface area contributed by atoms with Gasteiger partial charge in [-0.3, -0.25) is 14.0 Å². The summed E-state index contributed by atoms with van der Waals surface area (Å²) in [4.78, 5) is 16.9. The van der Waals surface area contributed by atoms with Crippen molar-refractivity contribution < 1.29 is 13.2 Å². The van der Waals surface area contributed by atoms with Crippen molar-refractivity contribution in [2.45, 2.75) is 13.3 Å². The molecule has 1 heterocycles. The zero-order valence-corrected chi connectivity index (χ0v) is 19.1. The topological polar surface area (TPSA) is 60.9 Å². The summed E-state index contributed by atoms with van der Waals surface area (Å²) in [6, 6.07) is 17.5. The average molecular weight is 442 g/mol. The Balaban J connectivity index is 1.54. The molecule has 166 valence electrons. The molecule has 31 heavy (non-hydrogen) atoms. The van der Waals surface area contributed by atoms with Crippen molar-refractivity contribution in [3.05, 3.63) is 71.8 Å². The van der Waals surface area contributed by atoms with Gasteiger partial charge in [0.15, 0.2) is 0 Å². The van der Waals surface area contributed by atoms with E-state index in [1.165, 1.54) is 9.87 Å². The molecule has 1 amide bonds. The van der Waals surface area contributed by atoms with Crippen LogP contribution in [0.15, 0.2) is 60.7 Å². The van der Waals surface area contributed by atoms with E-state index in [2.05, 4.69) is 29.2 Å². The van der Waals surface area contributed by atoms with E-state index in [-0.39, 0.29) is 12.5 Å². The van der Waals surface area contributed by atoms with Crippen molar-refractivity contribution in [3.8, 4) is 0 Å². The zero-order valence-electron chi connectivity index (χ0n) is 18.3. The monoisotopic (exact) mass is 441 g/mol. The highest BCUT2D eigenvalue weighted by molar-refractivity contribution is 7.92. The Bertz CT molecular complexity index is 980. The number of hydrogen-bond donors (Lipinski definition) is 0. The normalized spacial score (nSPS) is 15.4. The number of nitrogens with zero attached hydrogens (tertiary/aromatic N) is 3. The third-order valence-corrected chi connectivity index (χ3v) is 6.65. The quantitative estimate of drug-likeness (QED) is 0.632. The Hall–Kier alpha value is -2.64. The Labute approximate surface area is 185 Å². The van der Waals surface area contributed by atoms with E-state index in [0.29, 0.717) is 18.8 Å². The standard InChI is InChI=1S/C24H31N3O3S/c1-3-21-11-13-23(14-12-21)27(31(2,29)30)20-24(28)26-18-16-25(17-19-26)15-7-10-22-8-5-4-6-9-22/h4-14H,3,15-20H2,1-2H3/b10-7+. The van der Waals surface area contributed by atoms with E-state index in [0.717, 1.165) is 37.9 Å². The summed E-state index contributed by atoms with van der Waals surface area (Å²) in [5, 5.41) is 0. The molecule has 3 rings (SSSR count). The Morgan fingerprint density at radius 2 is 1.65 bits per heavy atom. The molecule has 7 heteroatoms. The lowest BCUT2D eigenvalue weighted by atomic mass is 10.1. The van der Waals surface area contributed by atoms with E-state index in [1.807, 2.05) is 37.3 Å². The lowest BCUT2D eigenvalue weighted by molar-refractivity contribution is -0.131. The number of sulfonamides is 1. The summed E-state index contributed by atoms with van der Waals surface area (Å²) in [6.45, 7) is 5.46. The molecule has 1 saturated heterocycles. The lowest BCUT2D eigenvalue weighted by Gasteiger charge is -2.35. The van der Waals surface area contributed by atoms with Gasteiger partial charge in [0.25, 0.3) is 0 Å². The molecule has 0 aliphatic carbocycles. The number of carbonyl (C=O) groups is 1. The maximum Gasteiger partial charge on any atom is 0.243 e. The number of hydrogen-bond acceptors (Lipinski definition) is 4. The molecule has 0 unspecified atom stereocenters. The lowest BCUT2D eigenvalue weighted by Crippen LogP contribution is -2.51. The number of piperazine rings is 1. The second-order valence-corrected chi connectivity index (χ2v) is 9.69. The third-order valence-electron chi connectivity index (χ3n) is 5.51. The zero-order chi connectivity index (χ0) is 22.3. The van der Waals surface area contributed by atoms with Crippen molar-refractivity contribution in [2.24, 2.45) is 0 Å². The predicted octanol–water partition coefficient (Wildman–Crippen LogP) is 2.87. The van der Waals surface area contributed by atoms with Crippen LogP contribution in [0.4, 0.5) is 5.69 Å². The van der Waals surface area contributed by atoms with Crippen LogP contribution in [-0.2, 0) is 21.2 Å². The van der Waals surface area contributed by atoms with Crippen LogP contribution < -0.4 is 4.31 Å². The molecule has 0 atom stereocenters. The Morgan fingerprint density at radius 3 is 2.23 bits per heavy atom. The maximum absolute atomic E-state index is 12.8. The van der Waals surface area contributed by atoms with E-state index < -0.39 is 10.0 Å². The van der Waals surface area contributed by atoms with E-state index in [4.69, 9.17) is 0 Å². The van der Waals surface area contributed by atoms with Gasteiger partial charge >= 0.3 is 0 Å². The van der Waals surface area contributed by atoms with Crippen LogP contribution in [0.25, 0.3) is 6.08 Å². The van der Waals surface area contributed by atoms with Gasteiger partial charge in [-0.15, -0.1) is 0 Å². The fraction of sp³-hybridized carbons (Fsp3) is 0.375. The molecule has 6 nitrogen and oxygen atoms in total. The van der Waals surface area contributed by atoms with Crippen LogP contribution in [0.2, 0.25) is 0 Å². The summed E-state index contributed by atoms with van der Waals surface area (Å²) in [7, 11) is -3.55. The molecule has 0 saturated carbocycles. The number of carbonyl (C=O) groups excluding carboxylic acids is 1. The number of amides is 1. The summed E-state index contributed by atoms with van der Waals surface area (Å²) < 4.78 is 25.9. The molecule has 1 fully saturated rings. The fourth-order valence-corrected chi connectivity index (χ4v) is 4.45. The first-order valence-electron chi connectivity index (χ1n) is 10.6. The smallest absolute Gasteiger partial charge is 0.243 e. The molecule has 0 spiro atoms. The van der Waals surface area contributed by atoms with Crippen LogP contribution in [0.1, 0.15) is 18.1 Å². The van der Waals surface area contributed by atoms with Gasteiger partial charge in [-0.1, -0.05) is 61.5 Å². The highest BCUT2D eigenvalue weighted by Crippen LogP contribution is 2.19. The molecule has 2 aromatic rings. The molecule has 0 radical (unpaired) electrons. The molecule has 0 bridgehead atoms. The van der Waals surface area contributed by atoms with Crippen LogP contribution in [-0.4, -0.2) is 69.6 Å². The maximum atomic E-state index is 12.8. The minimum atomic E-state index is -3.55. The Morgan fingerprint density at radius 1 is 1.00 bits per heavy atom. The highest BCUT2D eigenvalue weighted by Gasteiger charge is 2.26. The Kier molecular flexibility index (Phi) is 7.87. The number of benzene rings is 2. The first kappa shape index (κ1) is 23.0. The molecule has 0 N–H and O–H groups in total. The van der Waals surface area contributed by atoms with E-state index >= 15 is 0 Å². The molecule has 1 aliphatic heterocycles. The van der Waals surface area contributed by atoms with Gasteiger partial charge in [-0.2, -0.15) is 0 Å². The van der Waals surface area contributed by atoms with E-state index in [9.17, 15) is 13.2 Å². The van der Waals surface area contributed by atoms with E-state index in [1.54, 1.807) is 17.0 Å². The van der Waals surface area contributed by atoms with Crippen LogP contribution in [0.3, 0.4) is 0 Å². The highest BCUT2D eigenvalue weighted by atomic mass is 32.2. The fourth-order valence-electron chi connectivity index (χ4n) is 3.60. The molecule has 1 aliphatic rings. The summed E-state index contributed by atoms with van der Waals surface area (Å²) in [5.41, 5.74) is 2.82. The molecular weight excluding hydrogens is 410 g/mol. The van der Waals surface area contributed by atoms with Crippen LogP contribution >= 0.6 is 0 Å². The number of anilines is 1. The number of aryl methyl sites for hydroxylation is 1. The molecule has 0 aromatic heterocycles. The van der Waals surface area contributed by atoms with Crippen molar-refractivity contribution in [3.63, 3.8) is 0 Å².